The second-order valence-electron chi connectivity index (χ2n) is 5.22. The van der Waals surface area contributed by atoms with Gasteiger partial charge in [0, 0.05) is 11.8 Å². The van der Waals surface area contributed by atoms with Gasteiger partial charge in [-0.1, -0.05) is 30.3 Å². The fraction of sp³-hybridized carbons (Fsp3) is 0.188. The van der Waals surface area contributed by atoms with Gasteiger partial charge in [0.15, 0.2) is 0 Å². The number of anilines is 2. The molecule has 2 rings (SSSR count). The predicted octanol–water partition coefficient (Wildman–Crippen LogP) is 1.32. The zero-order valence-corrected chi connectivity index (χ0v) is 13.2. The van der Waals surface area contributed by atoms with Gasteiger partial charge in [-0.05, 0) is 12.5 Å². The first-order valence-electron chi connectivity index (χ1n) is 7.29. The van der Waals surface area contributed by atoms with E-state index in [0.29, 0.717) is 0 Å². The number of nitrogen functional groups attached to an aromatic ring is 2. The van der Waals surface area contributed by atoms with E-state index >= 15 is 0 Å². The molecule has 126 valence electrons. The van der Waals surface area contributed by atoms with Crippen molar-refractivity contribution in [1.29, 1.82) is 5.41 Å². The van der Waals surface area contributed by atoms with Gasteiger partial charge < -0.3 is 21.9 Å². The van der Waals surface area contributed by atoms with Gasteiger partial charge in [0.1, 0.15) is 11.7 Å². The Morgan fingerprint density at radius 1 is 1.38 bits per heavy atom. The lowest BCUT2D eigenvalue weighted by molar-refractivity contribution is 0.249. The number of rotatable bonds is 5. The average molecular weight is 328 g/mol. The number of aromatic nitrogens is 1. The summed E-state index contributed by atoms with van der Waals surface area (Å²) in [6.45, 7) is 1.41. The van der Waals surface area contributed by atoms with Crippen LogP contribution in [0.3, 0.4) is 0 Å². The molecule has 0 fully saturated rings. The largest absolute Gasteiger partial charge is 0.398 e. The normalized spacial score (nSPS) is 11.6. The first-order valence-corrected chi connectivity index (χ1v) is 7.29. The van der Waals surface area contributed by atoms with Crippen LogP contribution in [-0.4, -0.2) is 22.0 Å². The Hall–Kier alpha value is -3.13. The molecule has 0 saturated carbocycles. The van der Waals surface area contributed by atoms with E-state index in [4.69, 9.17) is 16.9 Å². The molecule has 1 unspecified atom stereocenters. The summed E-state index contributed by atoms with van der Waals surface area (Å²) in [5.41, 5.74) is 12.7. The minimum atomic E-state index is -0.460. The standard InChI is InChI=1S/C16H20N6O2/c1-9(10-5-3-2-4-6-10)20-16(24)22-13-7-11(17)14(15(18)19)12(8-23)21-13/h2-7,9,23H,8H2,1H3,(H3,18,19)(H4,17,20,21,22,24). The molecule has 2 aromatic rings. The van der Waals surface area contributed by atoms with E-state index in [9.17, 15) is 9.90 Å². The maximum Gasteiger partial charge on any atom is 0.320 e. The van der Waals surface area contributed by atoms with Gasteiger partial charge in [-0.15, -0.1) is 0 Å². The molecule has 1 heterocycles. The zero-order chi connectivity index (χ0) is 17.7. The van der Waals surface area contributed by atoms with Crippen LogP contribution in [0.25, 0.3) is 0 Å². The van der Waals surface area contributed by atoms with Crippen LogP contribution < -0.4 is 22.1 Å². The molecule has 8 nitrogen and oxygen atoms in total. The average Bonchev–Trinajstić information content (AvgIpc) is 2.54. The first kappa shape index (κ1) is 17.2. The van der Waals surface area contributed by atoms with Crippen LogP contribution in [0.5, 0.6) is 0 Å². The van der Waals surface area contributed by atoms with E-state index in [1.807, 2.05) is 37.3 Å². The van der Waals surface area contributed by atoms with Gasteiger partial charge >= 0.3 is 6.03 Å². The van der Waals surface area contributed by atoms with Gasteiger partial charge in [0.05, 0.1) is 23.9 Å². The van der Waals surface area contributed by atoms with Gasteiger partial charge in [0.2, 0.25) is 0 Å². The number of carbonyl (C=O) groups excluding carboxylic acids is 1. The van der Waals surface area contributed by atoms with Crippen molar-refractivity contribution in [3.05, 3.63) is 53.2 Å². The number of aliphatic hydroxyl groups excluding tert-OH is 1. The minimum absolute atomic E-state index is 0.133. The highest BCUT2D eigenvalue weighted by Crippen LogP contribution is 2.20. The molecule has 8 N–H and O–H groups in total. The molecule has 0 aliphatic carbocycles. The zero-order valence-electron chi connectivity index (χ0n) is 13.2. The lowest BCUT2D eigenvalue weighted by atomic mass is 10.1. The van der Waals surface area contributed by atoms with Crippen molar-refractivity contribution in [1.82, 2.24) is 10.3 Å². The van der Waals surface area contributed by atoms with Crippen LogP contribution in [0.2, 0.25) is 0 Å². The highest BCUT2D eigenvalue weighted by atomic mass is 16.3. The third-order valence-electron chi connectivity index (χ3n) is 3.43. The molecular formula is C16H20N6O2. The Morgan fingerprint density at radius 3 is 2.62 bits per heavy atom. The van der Waals surface area contributed by atoms with Crippen molar-refractivity contribution in [3.63, 3.8) is 0 Å². The first-order chi connectivity index (χ1) is 11.4. The topological polar surface area (TPSA) is 150 Å². The third kappa shape index (κ3) is 3.99. The van der Waals surface area contributed by atoms with Gasteiger partial charge in [-0.3, -0.25) is 10.7 Å². The lowest BCUT2D eigenvalue weighted by Gasteiger charge is -2.16. The van der Waals surface area contributed by atoms with Crippen LogP contribution in [0.4, 0.5) is 16.3 Å². The Balaban J connectivity index is 2.12. The summed E-state index contributed by atoms with van der Waals surface area (Å²) in [6.07, 6.45) is 0. The number of urea groups is 1. The second kappa shape index (κ2) is 7.42. The van der Waals surface area contributed by atoms with Gasteiger partial charge in [-0.2, -0.15) is 0 Å². The predicted molar refractivity (Wildman–Crippen MR) is 92.6 cm³/mol. The molecule has 0 aliphatic rings. The number of nitrogens with two attached hydrogens (primary N) is 2. The number of hydrogen-bond acceptors (Lipinski definition) is 5. The van der Waals surface area contributed by atoms with Crippen LogP contribution in [0, 0.1) is 5.41 Å². The molecule has 2 amide bonds. The van der Waals surface area contributed by atoms with Crippen LogP contribution in [0.15, 0.2) is 36.4 Å². The maximum absolute atomic E-state index is 12.1. The van der Waals surface area contributed by atoms with Crippen molar-refractivity contribution < 1.29 is 9.90 Å². The van der Waals surface area contributed by atoms with Crippen molar-refractivity contribution in [2.75, 3.05) is 11.1 Å². The SMILES string of the molecule is CC(NC(=O)Nc1cc(N)c(C(=N)N)c(CO)n1)c1ccccc1. The molecule has 0 radical (unpaired) electrons. The Morgan fingerprint density at radius 2 is 2.04 bits per heavy atom. The number of benzene rings is 1. The molecule has 0 aliphatic heterocycles. The van der Waals surface area contributed by atoms with Gasteiger partial charge in [0.25, 0.3) is 0 Å². The van der Waals surface area contributed by atoms with E-state index < -0.39 is 12.6 Å². The van der Waals surface area contributed by atoms with Crippen molar-refractivity contribution in [2.45, 2.75) is 19.6 Å². The van der Waals surface area contributed by atoms with Crippen molar-refractivity contribution in [3.8, 4) is 0 Å². The Kier molecular flexibility index (Phi) is 5.33. The summed E-state index contributed by atoms with van der Waals surface area (Å²) in [4.78, 5) is 16.2. The highest BCUT2D eigenvalue weighted by molar-refractivity contribution is 6.01. The molecule has 24 heavy (non-hydrogen) atoms. The number of amides is 2. The summed E-state index contributed by atoms with van der Waals surface area (Å²) in [6, 6.07) is 10.2. The maximum atomic E-state index is 12.1. The monoisotopic (exact) mass is 328 g/mol. The fourth-order valence-electron chi connectivity index (χ4n) is 2.28. The molecule has 0 bridgehead atoms. The quantitative estimate of drug-likeness (QED) is 0.361. The van der Waals surface area contributed by atoms with Crippen molar-refractivity contribution >= 4 is 23.4 Å². The molecule has 0 saturated heterocycles. The molecule has 1 atom stereocenters. The van der Waals surface area contributed by atoms with E-state index in [1.54, 1.807) is 0 Å². The number of hydrogen-bond donors (Lipinski definition) is 6. The molecule has 1 aromatic carbocycles. The molecular weight excluding hydrogens is 308 g/mol. The minimum Gasteiger partial charge on any atom is -0.398 e. The number of pyridine rings is 1. The number of nitrogens with one attached hydrogen (secondary N) is 3. The third-order valence-corrected chi connectivity index (χ3v) is 3.43. The summed E-state index contributed by atoms with van der Waals surface area (Å²) < 4.78 is 0. The molecule has 0 spiro atoms. The summed E-state index contributed by atoms with van der Waals surface area (Å²) in [5.74, 6) is -0.128. The van der Waals surface area contributed by atoms with Crippen LogP contribution in [-0.2, 0) is 6.61 Å². The number of carbonyl (C=O) groups is 1. The smallest absolute Gasteiger partial charge is 0.320 e. The van der Waals surface area contributed by atoms with Crippen LogP contribution >= 0.6 is 0 Å². The van der Waals surface area contributed by atoms with E-state index in [1.165, 1.54) is 6.07 Å². The Bertz CT molecular complexity index is 748. The number of aliphatic hydroxyl groups is 1. The lowest BCUT2D eigenvalue weighted by Crippen LogP contribution is -2.31. The van der Waals surface area contributed by atoms with Crippen molar-refractivity contribution in [2.24, 2.45) is 5.73 Å². The summed E-state index contributed by atoms with van der Waals surface area (Å²) >= 11 is 0. The van der Waals surface area contributed by atoms with Gasteiger partial charge in [-0.25, -0.2) is 9.78 Å². The van der Waals surface area contributed by atoms with Crippen LogP contribution in [0.1, 0.15) is 29.8 Å². The highest BCUT2D eigenvalue weighted by Gasteiger charge is 2.15. The molecule has 1 aromatic heterocycles. The summed E-state index contributed by atoms with van der Waals surface area (Å²) in [5, 5.41) is 22.2. The molecule has 8 heteroatoms. The number of nitrogens with zero attached hydrogens (tertiary/aromatic N) is 1. The van der Waals surface area contributed by atoms with E-state index in [-0.39, 0.29) is 34.6 Å². The second-order valence-corrected chi connectivity index (χ2v) is 5.22. The Labute approximate surface area is 139 Å². The summed E-state index contributed by atoms with van der Waals surface area (Å²) in [7, 11) is 0. The van der Waals surface area contributed by atoms with E-state index in [2.05, 4.69) is 15.6 Å². The fourth-order valence-corrected chi connectivity index (χ4v) is 2.28. The number of amidine groups is 1. The van der Waals surface area contributed by atoms with E-state index in [0.717, 1.165) is 5.56 Å².